The van der Waals surface area contributed by atoms with E-state index in [0.29, 0.717) is 17.2 Å². The number of oxazole rings is 1. The van der Waals surface area contributed by atoms with E-state index in [0.717, 1.165) is 31.5 Å². The highest BCUT2D eigenvalue weighted by atomic mass is 16.4. The number of nitrogens with one attached hydrogen (secondary N) is 1. The summed E-state index contributed by atoms with van der Waals surface area (Å²) in [4.78, 5) is 18.8. The van der Waals surface area contributed by atoms with Crippen molar-refractivity contribution in [3.8, 4) is 11.3 Å². The monoisotopic (exact) mass is 325 g/mol. The zero-order chi connectivity index (χ0) is 16.6. The summed E-state index contributed by atoms with van der Waals surface area (Å²) in [5, 5.41) is 3.10. The average Bonchev–Trinajstić information content (AvgIpc) is 3.20. The standard InChI is InChI=1S/C19H23N3O2/c1-14(17(23)22-11-9-19(7-8-19)10-12-22)21-18-20-13-16(24-18)15-5-3-2-4-6-15/h2-6,13-14H,7-12H2,1H3,(H,20,21)/t14-/m1/s1. The van der Waals surface area contributed by atoms with Gasteiger partial charge in [0.15, 0.2) is 5.76 Å². The van der Waals surface area contributed by atoms with E-state index >= 15 is 0 Å². The Morgan fingerprint density at radius 1 is 1.21 bits per heavy atom. The maximum atomic E-state index is 12.6. The van der Waals surface area contributed by atoms with Crippen molar-refractivity contribution < 1.29 is 9.21 Å². The minimum absolute atomic E-state index is 0.130. The van der Waals surface area contributed by atoms with Gasteiger partial charge in [-0.15, -0.1) is 0 Å². The Hall–Kier alpha value is -2.30. The Kier molecular flexibility index (Phi) is 3.79. The summed E-state index contributed by atoms with van der Waals surface area (Å²) < 4.78 is 5.73. The van der Waals surface area contributed by atoms with Crippen molar-refractivity contribution in [2.75, 3.05) is 18.4 Å². The van der Waals surface area contributed by atoms with Crippen LogP contribution >= 0.6 is 0 Å². The minimum atomic E-state index is -0.333. The molecule has 0 radical (unpaired) electrons. The van der Waals surface area contributed by atoms with Gasteiger partial charge in [0, 0.05) is 18.7 Å². The number of carbonyl (C=O) groups excluding carboxylic acids is 1. The van der Waals surface area contributed by atoms with Crippen molar-refractivity contribution in [1.29, 1.82) is 0 Å². The molecule has 2 heterocycles. The highest BCUT2D eigenvalue weighted by Gasteiger charge is 2.45. The molecule has 0 bridgehead atoms. The molecule has 5 nitrogen and oxygen atoms in total. The summed E-state index contributed by atoms with van der Waals surface area (Å²) in [6.07, 6.45) is 6.70. The maximum absolute atomic E-state index is 12.6. The van der Waals surface area contributed by atoms with Crippen molar-refractivity contribution in [1.82, 2.24) is 9.88 Å². The van der Waals surface area contributed by atoms with Gasteiger partial charge in [-0.1, -0.05) is 30.3 Å². The van der Waals surface area contributed by atoms with Gasteiger partial charge in [-0.25, -0.2) is 4.98 Å². The zero-order valence-corrected chi connectivity index (χ0v) is 14.0. The quantitative estimate of drug-likeness (QED) is 0.934. The van der Waals surface area contributed by atoms with Gasteiger partial charge in [0.1, 0.15) is 6.04 Å². The summed E-state index contributed by atoms with van der Waals surface area (Å²) in [5.74, 6) is 0.830. The molecule has 1 aliphatic carbocycles. The molecular weight excluding hydrogens is 302 g/mol. The van der Waals surface area contributed by atoms with E-state index in [1.54, 1.807) is 6.20 Å². The van der Waals surface area contributed by atoms with Gasteiger partial charge in [0.05, 0.1) is 6.20 Å². The third kappa shape index (κ3) is 3.03. The molecule has 1 N–H and O–H groups in total. The minimum Gasteiger partial charge on any atom is -0.424 e. The molecule has 1 saturated heterocycles. The van der Waals surface area contributed by atoms with Crippen LogP contribution in [-0.4, -0.2) is 34.9 Å². The number of amides is 1. The summed E-state index contributed by atoms with van der Waals surface area (Å²) >= 11 is 0. The van der Waals surface area contributed by atoms with Crippen LogP contribution in [-0.2, 0) is 4.79 Å². The molecule has 1 aliphatic heterocycles. The fourth-order valence-corrected chi connectivity index (χ4v) is 3.48. The summed E-state index contributed by atoms with van der Waals surface area (Å²) in [6.45, 7) is 3.63. The van der Waals surface area contributed by atoms with Crippen molar-refractivity contribution in [2.24, 2.45) is 5.41 Å². The molecule has 1 spiro atoms. The SMILES string of the molecule is C[C@@H](Nc1ncc(-c2ccccc2)o1)C(=O)N1CCC2(CC1)CC2. The number of hydrogen-bond donors (Lipinski definition) is 1. The molecule has 4 rings (SSSR count). The van der Waals surface area contributed by atoms with Gasteiger partial charge in [0.25, 0.3) is 6.01 Å². The van der Waals surface area contributed by atoms with Gasteiger partial charge in [0.2, 0.25) is 5.91 Å². The Morgan fingerprint density at radius 3 is 2.58 bits per heavy atom. The second-order valence-corrected chi connectivity index (χ2v) is 7.09. The lowest BCUT2D eigenvalue weighted by molar-refractivity contribution is -0.133. The first kappa shape index (κ1) is 15.2. The molecule has 1 aromatic heterocycles. The summed E-state index contributed by atoms with van der Waals surface area (Å²) in [5.41, 5.74) is 1.56. The van der Waals surface area contributed by atoms with Gasteiger partial charge < -0.3 is 14.6 Å². The van der Waals surface area contributed by atoms with Crippen LogP contribution in [0.1, 0.15) is 32.6 Å². The Bertz CT molecular complexity index is 711. The largest absolute Gasteiger partial charge is 0.424 e. The summed E-state index contributed by atoms with van der Waals surface area (Å²) in [7, 11) is 0. The maximum Gasteiger partial charge on any atom is 0.295 e. The molecule has 126 valence electrons. The Morgan fingerprint density at radius 2 is 1.92 bits per heavy atom. The topological polar surface area (TPSA) is 58.4 Å². The fraction of sp³-hybridized carbons (Fsp3) is 0.474. The lowest BCUT2D eigenvalue weighted by atomic mass is 9.93. The molecule has 0 unspecified atom stereocenters. The van der Waals surface area contributed by atoms with Gasteiger partial charge in [-0.05, 0) is 38.0 Å². The van der Waals surface area contributed by atoms with Crippen molar-refractivity contribution in [3.05, 3.63) is 36.5 Å². The molecule has 5 heteroatoms. The second kappa shape index (κ2) is 5.96. The van der Waals surface area contributed by atoms with E-state index in [1.165, 1.54) is 12.8 Å². The smallest absolute Gasteiger partial charge is 0.295 e. The van der Waals surface area contributed by atoms with Crippen LogP contribution in [0.3, 0.4) is 0 Å². The molecule has 1 saturated carbocycles. The number of rotatable bonds is 4. The second-order valence-electron chi connectivity index (χ2n) is 7.09. The van der Waals surface area contributed by atoms with Crippen LogP contribution in [0.25, 0.3) is 11.3 Å². The van der Waals surface area contributed by atoms with Crippen LogP contribution in [0, 0.1) is 5.41 Å². The van der Waals surface area contributed by atoms with E-state index in [9.17, 15) is 4.79 Å². The first-order valence-electron chi connectivity index (χ1n) is 8.72. The Balaban J connectivity index is 1.36. The number of piperidine rings is 1. The summed E-state index contributed by atoms with van der Waals surface area (Å²) in [6, 6.07) is 9.89. The molecule has 2 aliphatic rings. The highest BCUT2D eigenvalue weighted by molar-refractivity contribution is 5.83. The van der Waals surface area contributed by atoms with Crippen molar-refractivity contribution in [3.63, 3.8) is 0 Å². The van der Waals surface area contributed by atoms with Crippen LogP contribution < -0.4 is 5.32 Å². The average molecular weight is 325 g/mol. The molecule has 2 fully saturated rings. The van der Waals surface area contributed by atoms with Crippen molar-refractivity contribution in [2.45, 2.75) is 38.6 Å². The third-order valence-corrected chi connectivity index (χ3v) is 5.37. The predicted octanol–water partition coefficient (Wildman–Crippen LogP) is 3.54. The normalized spacial score (nSPS) is 20.0. The lowest BCUT2D eigenvalue weighted by Gasteiger charge is -2.33. The number of likely N-dealkylation sites (tertiary alicyclic amines) is 1. The third-order valence-electron chi connectivity index (χ3n) is 5.37. The molecule has 24 heavy (non-hydrogen) atoms. The number of carbonyl (C=O) groups is 1. The number of aromatic nitrogens is 1. The fourth-order valence-electron chi connectivity index (χ4n) is 3.48. The zero-order valence-electron chi connectivity index (χ0n) is 14.0. The van der Waals surface area contributed by atoms with E-state index in [1.807, 2.05) is 42.2 Å². The number of hydrogen-bond acceptors (Lipinski definition) is 4. The van der Waals surface area contributed by atoms with Crippen LogP contribution in [0.5, 0.6) is 0 Å². The first-order valence-corrected chi connectivity index (χ1v) is 8.72. The Labute approximate surface area is 142 Å². The van der Waals surface area contributed by atoms with Crippen LogP contribution in [0.15, 0.2) is 40.9 Å². The van der Waals surface area contributed by atoms with E-state index in [2.05, 4.69) is 10.3 Å². The van der Waals surface area contributed by atoms with Gasteiger partial charge in [-0.3, -0.25) is 4.79 Å². The van der Waals surface area contributed by atoms with Crippen molar-refractivity contribution >= 4 is 11.9 Å². The van der Waals surface area contributed by atoms with Gasteiger partial charge >= 0.3 is 0 Å². The first-order chi connectivity index (χ1) is 11.7. The number of anilines is 1. The van der Waals surface area contributed by atoms with E-state index in [4.69, 9.17) is 4.42 Å². The van der Waals surface area contributed by atoms with Crippen LogP contribution in [0.2, 0.25) is 0 Å². The van der Waals surface area contributed by atoms with Gasteiger partial charge in [-0.2, -0.15) is 0 Å². The van der Waals surface area contributed by atoms with E-state index < -0.39 is 0 Å². The number of benzene rings is 1. The number of nitrogens with zero attached hydrogens (tertiary/aromatic N) is 2. The molecule has 1 aromatic carbocycles. The molecular formula is C19H23N3O2. The molecule has 2 aromatic rings. The molecule has 1 amide bonds. The lowest BCUT2D eigenvalue weighted by Crippen LogP contribution is -2.45. The van der Waals surface area contributed by atoms with E-state index in [-0.39, 0.29) is 11.9 Å². The van der Waals surface area contributed by atoms with Crippen LogP contribution in [0.4, 0.5) is 6.01 Å². The predicted molar refractivity (Wildman–Crippen MR) is 92.5 cm³/mol. The molecule has 1 atom stereocenters. The highest BCUT2D eigenvalue weighted by Crippen LogP contribution is 2.53.